The quantitative estimate of drug-likeness (QED) is 0.585. The molecule has 0 radical (unpaired) electrons. The Hall–Kier alpha value is -2.02. The van der Waals surface area contributed by atoms with Crippen molar-refractivity contribution in [1.82, 2.24) is 0 Å². The van der Waals surface area contributed by atoms with Crippen LogP contribution in [0, 0.1) is 5.92 Å². The third-order valence-corrected chi connectivity index (χ3v) is 6.53. The highest BCUT2D eigenvalue weighted by Crippen LogP contribution is 2.53. The first-order valence-corrected chi connectivity index (χ1v) is 9.15. The average molecular weight is 335 g/mol. The summed E-state index contributed by atoms with van der Waals surface area (Å²) in [6.07, 6.45) is 2.25. The topological polar surface area (TPSA) is 9.23 Å². The number of rotatable bonds is 3. The summed E-state index contributed by atoms with van der Waals surface area (Å²) in [5.41, 5.74) is 7.25. The maximum atomic E-state index is 5.24. The average Bonchev–Trinajstić information content (AvgIpc) is 2.73. The zero-order chi connectivity index (χ0) is 18.4. The lowest BCUT2D eigenvalue weighted by atomic mass is 9.71. The lowest BCUT2D eigenvalue weighted by Gasteiger charge is -2.32. The van der Waals surface area contributed by atoms with Crippen molar-refractivity contribution >= 4 is 11.6 Å². The predicted molar refractivity (Wildman–Crippen MR) is 108 cm³/mol. The molecule has 0 amide bonds. The SMILES string of the molecule is COc1ccc(/C=C(\C)c2ccc3c(c2)C(C)(C)C(C)C3(C)C)cc1. The van der Waals surface area contributed by atoms with Crippen molar-refractivity contribution in [1.29, 1.82) is 0 Å². The van der Waals surface area contributed by atoms with E-state index >= 15 is 0 Å². The van der Waals surface area contributed by atoms with E-state index in [-0.39, 0.29) is 10.8 Å². The fourth-order valence-electron chi connectivity index (χ4n) is 4.29. The molecule has 0 aliphatic heterocycles. The maximum absolute atomic E-state index is 5.24. The Bertz CT molecular complexity index is 806. The Labute approximate surface area is 152 Å². The smallest absolute Gasteiger partial charge is 0.118 e. The van der Waals surface area contributed by atoms with Crippen LogP contribution in [-0.2, 0) is 10.8 Å². The van der Waals surface area contributed by atoms with Crippen LogP contribution >= 0.6 is 0 Å². The van der Waals surface area contributed by atoms with Gasteiger partial charge in [0.1, 0.15) is 5.75 Å². The molecule has 0 saturated heterocycles. The normalized spacial score (nSPS) is 21.1. The van der Waals surface area contributed by atoms with Crippen LogP contribution in [0.1, 0.15) is 63.8 Å². The molecule has 25 heavy (non-hydrogen) atoms. The second kappa shape index (κ2) is 6.05. The third-order valence-electron chi connectivity index (χ3n) is 6.53. The fraction of sp³-hybridized carbons (Fsp3) is 0.417. The Balaban J connectivity index is 1.99. The molecule has 0 heterocycles. The molecule has 1 heteroatoms. The Kier molecular flexibility index (Phi) is 4.31. The molecule has 0 saturated carbocycles. The van der Waals surface area contributed by atoms with Gasteiger partial charge in [-0.25, -0.2) is 0 Å². The Morgan fingerprint density at radius 1 is 0.920 bits per heavy atom. The molecule has 1 atom stereocenters. The summed E-state index contributed by atoms with van der Waals surface area (Å²) >= 11 is 0. The van der Waals surface area contributed by atoms with Crippen LogP contribution in [0.3, 0.4) is 0 Å². The first-order chi connectivity index (χ1) is 11.7. The van der Waals surface area contributed by atoms with Crippen LogP contribution in [0.15, 0.2) is 42.5 Å². The van der Waals surface area contributed by atoms with Gasteiger partial charge in [-0.05, 0) is 63.6 Å². The molecular weight excluding hydrogens is 304 g/mol. The van der Waals surface area contributed by atoms with E-state index in [0.29, 0.717) is 5.92 Å². The molecule has 2 aromatic rings. The van der Waals surface area contributed by atoms with Crippen molar-refractivity contribution in [3.05, 3.63) is 64.7 Å². The highest BCUT2D eigenvalue weighted by atomic mass is 16.5. The van der Waals surface area contributed by atoms with Crippen molar-refractivity contribution in [2.45, 2.75) is 52.4 Å². The van der Waals surface area contributed by atoms with Gasteiger partial charge in [0.25, 0.3) is 0 Å². The molecule has 0 aromatic heterocycles. The van der Waals surface area contributed by atoms with E-state index in [1.807, 2.05) is 12.1 Å². The minimum atomic E-state index is 0.204. The Morgan fingerprint density at radius 3 is 2.12 bits per heavy atom. The van der Waals surface area contributed by atoms with Gasteiger partial charge in [-0.3, -0.25) is 0 Å². The summed E-state index contributed by atoms with van der Waals surface area (Å²) in [5.74, 6) is 1.52. The largest absolute Gasteiger partial charge is 0.497 e. The van der Waals surface area contributed by atoms with Gasteiger partial charge >= 0.3 is 0 Å². The fourth-order valence-corrected chi connectivity index (χ4v) is 4.29. The molecule has 132 valence electrons. The van der Waals surface area contributed by atoms with Crippen LogP contribution < -0.4 is 4.74 Å². The van der Waals surface area contributed by atoms with Gasteiger partial charge in [0.15, 0.2) is 0 Å². The van der Waals surface area contributed by atoms with Gasteiger partial charge in [0.05, 0.1) is 7.11 Å². The molecule has 0 fully saturated rings. The minimum absolute atomic E-state index is 0.204. The summed E-state index contributed by atoms with van der Waals surface area (Å²) in [6.45, 7) is 14.1. The molecule has 0 spiro atoms. The number of allylic oxidation sites excluding steroid dienone is 1. The molecular formula is C24H30O. The standard InChI is InChI=1S/C24H30O/c1-16(14-18-8-11-20(25-7)12-9-18)19-10-13-21-22(15-19)24(5,6)17(2)23(21,3)4/h8-15,17H,1-7H3/b16-14+. The molecule has 1 unspecified atom stereocenters. The number of methoxy groups -OCH3 is 1. The van der Waals surface area contributed by atoms with E-state index in [0.717, 1.165) is 5.75 Å². The number of ether oxygens (including phenoxy) is 1. The number of hydrogen-bond donors (Lipinski definition) is 0. The van der Waals surface area contributed by atoms with Crippen molar-refractivity contribution in [2.75, 3.05) is 7.11 Å². The van der Waals surface area contributed by atoms with Gasteiger partial charge < -0.3 is 4.74 Å². The molecule has 1 nitrogen and oxygen atoms in total. The summed E-state index contributed by atoms with van der Waals surface area (Å²) in [5, 5.41) is 0. The summed E-state index contributed by atoms with van der Waals surface area (Å²) in [7, 11) is 1.70. The van der Waals surface area contributed by atoms with E-state index < -0.39 is 0 Å². The van der Waals surface area contributed by atoms with Gasteiger partial charge in [-0.1, -0.05) is 71.0 Å². The molecule has 2 aromatic carbocycles. The number of fused-ring (bicyclic) bond motifs is 1. The van der Waals surface area contributed by atoms with Crippen molar-refractivity contribution in [3.8, 4) is 5.75 Å². The monoisotopic (exact) mass is 334 g/mol. The van der Waals surface area contributed by atoms with E-state index in [4.69, 9.17) is 4.74 Å². The van der Waals surface area contributed by atoms with Crippen molar-refractivity contribution in [2.24, 2.45) is 5.92 Å². The van der Waals surface area contributed by atoms with Gasteiger partial charge in [0.2, 0.25) is 0 Å². The lowest BCUT2D eigenvalue weighted by molar-refractivity contribution is 0.264. The maximum Gasteiger partial charge on any atom is 0.118 e. The highest BCUT2D eigenvalue weighted by molar-refractivity contribution is 5.81. The molecule has 1 aliphatic carbocycles. The van der Waals surface area contributed by atoms with Crippen LogP contribution in [0.5, 0.6) is 5.75 Å². The number of benzene rings is 2. The first-order valence-electron chi connectivity index (χ1n) is 9.15. The zero-order valence-corrected chi connectivity index (χ0v) is 16.6. The highest BCUT2D eigenvalue weighted by Gasteiger charge is 2.48. The van der Waals surface area contributed by atoms with E-state index in [2.05, 4.69) is 78.0 Å². The summed E-state index contributed by atoms with van der Waals surface area (Å²) in [4.78, 5) is 0. The lowest BCUT2D eigenvalue weighted by Crippen LogP contribution is -2.30. The summed E-state index contributed by atoms with van der Waals surface area (Å²) < 4.78 is 5.24. The number of hydrogen-bond acceptors (Lipinski definition) is 1. The van der Waals surface area contributed by atoms with Crippen molar-refractivity contribution < 1.29 is 4.74 Å². The van der Waals surface area contributed by atoms with Crippen LogP contribution in [0.4, 0.5) is 0 Å². The van der Waals surface area contributed by atoms with E-state index in [1.54, 1.807) is 7.11 Å². The molecule has 0 N–H and O–H groups in total. The summed E-state index contributed by atoms with van der Waals surface area (Å²) in [6, 6.07) is 15.3. The molecule has 3 rings (SSSR count). The van der Waals surface area contributed by atoms with Gasteiger partial charge in [-0.2, -0.15) is 0 Å². The van der Waals surface area contributed by atoms with Gasteiger partial charge in [0, 0.05) is 0 Å². The molecule has 0 bridgehead atoms. The van der Waals surface area contributed by atoms with Crippen LogP contribution in [0.2, 0.25) is 0 Å². The zero-order valence-electron chi connectivity index (χ0n) is 16.6. The molecule has 1 aliphatic rings. The van der Waals surface area contributed by atoms with E-state index in [1.165, 1.54) is 27.8 Å². The third kappa shape index (κ3) is 2.90. The van der Waals surface area contributed by atoms with E-state index in [9.17, 15) is 0 Å². The minimum Gasteiger partial charge on any atom is -0.497 e. The first kappa shape index (κ1) is 17.8. The van der Waals surface area contributed by atoms with Gasteiger partial charge in [-0.15, -0.1) is 0 Å². The predicted octanol–water partition coefficient (Wildman–Crippen LogP) is 6.46. The van der Waals surface area contributed by atoms with Crippen LogP contribution in [0.25, 0.3) is 11.6 Å². The second-order valence-corrected chi connectivity index (χ2v) is 8.53. The van der Waals surface area contributed by atoms with Crippen molar-refractivity contribution in [3.63, 3.8) is 0 Å². The second-order valence-electron chi connectivity index (χ2n) is 8.53. The Morgan fingerprint density at radius 2 is 1.52 bits per heavy atom. The van der Waals surface area contributed by atoms with Crippen LogP contribution in [-0.4, -0.2) is 7.11 Å².